The Hall–Kier alpha value is -2.23. The molecule has 1 aromatic carbocycles. The van der Waals surface area contributed by atoms with Crippen molar-refractivity contribution in [3.05, 3.63) is 46.5 Å². The van der Waals surface area contributed by atoms with Crippen LogP contribution in [0.25, 0.3) is 5.78 Å². The fourth-order valence-corrected chi connectivity index (χ4v) is 3.92. The van der Waals surface area contributed by atoms with Crippen molar-refractivity contribution in [3.63, 3.8) is 0 Å². The lowest BCUT2D eigenvalue weighted by molar-refractivity contribution is 0.402. The summed E-state index contributed by atoms with van der Waals surface area (Å²) in [5.41, 5.74) is 1.68. The molecular weight excluding hydrogens is 366 g/mol. The van der Waals surface area contributed by atoms with Gasteiger partial charge in [0.25, 0.3) is 5.78 Å². The molecule has 3 rings (SSSR count). The van der Waals surface area contributed by atoms with Gasteiger partial charge in [0.15, 0.2) is 5.82 Å². The van der Waals surface area contributed by atoms with Crippen LogP contribution in [-0.2, 0) is 16.6 Å². The first-order valence-corrected chi connectivity index (χ1v) is 9.19. The highest BCUT2D eigenvalue weighted by molar-refractivity contribution is 7.89. The SMILES string of the molecule is COc1ccc(Cl)cc1S(=O)(=O)NCc1nnc2nc(C)cc(C)n12. The smallest absolute Gasteiger partial charge is 0.255 e. The van der Waals surface area contributed by atoms with Crippen molar-refractivity contribution < 1.29 is 13.2 Å². The van der Waals surface area contributed by atoms with E-state index in [9.17, 15) is 8.42 Å². The molecule has 0 bridgehead atoms. The molecule has 0 aliphatic heterocycles. The standard InChI is InChI=1S/C15H16ClN5O3S/c1-9-6-10(2)21-14(19-20-15(21)18-9)8-17-25(22,23)13-7-11(16)4-5-12(13)24-3/h4-7,17H,8H2,1-3H3. The number of rotatable bonds is 5. The molecule has 0 aliphatic carbocycles. The molecular formula is C15H16ClN5O3S. The van der Waals surface area contributed by atoms with Crippen LogP contribution in [0, 0.1) is 13.8 Å². The molecule has 0 spiro atoms. The summed E-state index contributed by atoms with van der Waals surface area (Å²) in [6.45, 7) is 3.68. The van der Waals surface area contributed by atoms with Crippen LogP contribution in [-0.4, -0.2) is 35.1 Å². The summed E-state index contributed by atoms with van der Waals surface area (Å²) in [5, 5.41) is 8.30. The van der Waals surface area contributed by atoms with Gasteiger partial charge in [0.05, 0.1) is 13.7 Å². The van der Waals surface area contributed by atoms with E-state index in [2.05, 4.69) is 19.9 Å². The Morgan fingerprint density at radius 3 is 2.72 bits per heavy atom. The zero-order valence-electron chi connectivity index (χ0n) is 13.8. The van der Waals surface area contributed by atoms with Crippen LogP contribution in [0.15, 0.2) is 29.2 Å². The third-order valence-corrected chi connectivity index (χ3v) is 5.25. The summed E-state index contributed by atoms with van der Waals surface area (Å²) in [4.78, 5) is 4.23. The number of benzene rings is 1. The monoisotopic (exact) mass is 381 g/mol. The molecule has 3 aromatic rings. The van der Waals surface area contributed by atoms with Crippen molar-refractivity contribution in [1.29, 1.82) is 0 Å². The number of halogens is 1. The van der Waals surface area contributed by atoms with Gasteiger partial charge in [-0.05, 0) is 38.1 Å². The summed E-state index contributed by atoms with van der Waals surface area (Å²) in [6, 6.07) is 6.26. The molecule has 10 heteroatoms. The number of fused-ring (bicyclic) bond motifs is 1. The minimum Gasteiger partial charge on any atom is -0.495 e. The number of hydrogen-bond acceptors (Lipinski definition) is 6. The van der Waals surface area contributed by atoms with Crippen molar-refractivity contribution in [2.24, 2.45) is 0 Å². The lowest BCUT2D eigenvalue weighted by Crippen LogP contribution is -2.25. The van der Waals surface area contributed by atoms with Crippen LogP contribution < -0.4 is 9.46 Å². The maximum absolute atomic E-state index is 12.6. The van der Waals surface area contributed by atoms with Crippen molar-refractivity contribution in [2.75, 3.05) is 7.11 Å². The minimum absolute atomic E-state index is 0.0398. The topological polar surface area (TPSA) is 98.5 Å². The maximum atomic E-state index is 12.6. The predicted octanol–water partition coefficient (Wildman–Crippen LogP) is 1.88. The molecule has 0 aliphatic rings. The summed E-state index contributed by atoms with van der Waals surface area (Å²) >= 11 is 5.91. The molecule has 1 N–H and O–H groups in total. The van der Waals surface area contributed by atoms with Gasteiger partial charge in [0.2, 0.25) is 10.0 Å². The first-order valence-electron chi connectivity index (χ1n) is 7.33. The van der Waals surface area contributed by atoms with Crippen LogP contribution in [0.1, 0.15) is 17.2 Å². The number of methoxy groups -OCH3 is 1. The fraction of sp³-hybridized carbons (Fsp3) is 0.267. The van der Waals surface area contributed by atoms with Gasteiger partial charge in [-0.25, -0.2) is 18.1 Å². The van der Waals surface area contributed by atoms with E-state index in [4.69, 9.17) is 16.3 Å². The molecule has 132 valence electrons. The van der Waals surface area contributed by atoms with Crippen LogP contribution in [0.5, 0.6) is 5.75 Å². The number of nitrogens with zero attached hydrogens (tertiary/aromatic N) is 4. The fourth-order valence-electron chi connectivity index (χ4n) is 2.51. The number of aromatic nitrogens is 4. The van der Waals surface area contributed by atoms with E-state index in [1.165, 1.54) is 19.2 Å². The van der Waals surface area contributed by atoms with Crippen LogP contribution >= 0.6 is 11.6 Å². The van der Waals surface area contributed by atoms with Crippen LogP contribution in [0.2, 0.25) is 5.02 Å². The Labute approximate surface area is 149 Å². The van der Waals surface area contributed by atoms with E-state index < -0.39 is 10.0 Å². The summed E-state index contributed by atoms with van der Waals surface area (Å²) in [7, 11) is -2.46. The van der Waals surface area contributed by atoms with E-state index in [0.29, 0.717) is 16.6 Å². The van der Waals surface area contributed by atoms with Gasteiger partial charge < -0.3 is 4.74 Å². The average molecular weight is 382 g/mol. The number of ether oxygens (including phenoxy) is 1. The van der Waals surface area contributed by atoms with Gasteiger partial charge in [-0.3, -0.25) is 4.40 Å². The van der Waals surface area contributed by atoms with Gasteiger partial charge in [-0.2, -0.15) is 0 Å². The predicted molar refractivity (Wildman–Crippen MR) is 92.3 cm³/mol. The summed E-state index contributed by atoms with van der Waals surface area (Å²) in [5.74, 6) is 1.06. The average Bonchev–Trinajstić information content (AvgIpc) is 2.96. The quantitative estimate of drug-likeness (QED) is 0.724. The van der Waals surface area contributed by atoms with E-state index in [0.717, 1.165) is 11.4 Å². The lowest BCUT2D eigenvalue weighted by atomic mass is 10.3. The highest BCUT2D eigenvalue weighted by atomic mass is 35.5. The largest absolute Gasteiger partial charge is 0.495 e. The van der Waals surface area contributed by atoms with Crippen LogP contribution in [0.4, 0.5) is 0 Å². The van der Waals surface area contributed by atoms with Gasteiger partial charge in [-0.15, -0.1) is 10.2 Å². The number of hydrogen-bond donors (Lipinski definition) is 1. The zero-order chi connectivity index (χ0) is 18.2. The van der Waals surface area contributed by atoms with E-state index in [1.54, 1.807) is 10.5 Å². The van der Waals surface area contributed by atoms with Gasteiger partial charge >= 0.3 is 0 Å². The molecule has 0 amide bonds. The van der Waals surface area contributed by atoms with Crippen LogP contribution in [0.3, 0.4) is 0 Å². The van der Waals surface area contributed by atoms with Crippen molar-refractivity contribution in [2.45, 2.75) is 25.3 Å². The lowest BCUT2D eigenvalue weighted by Gasteiger charge is -2.11. The molecule has 0 saturated carbocycles. The third-order valence-electron chi connectivity index (χ3n) is 3.60. The second-order valence-corrected chi connectivity index (χ2v) is 7.58. The van der Waals surface area contributed by atoms with Gasteiger partial charge in [0, 0.05) is 16.4 Å². The maximum Gasteiger partial charge on any atom is 0.255 e. The van der Waals surface area contributed by atoms with Crippen molar-refractivity contribution in [3.8, 4) is 5.75 Å². The molecule has 2 heterocycles. The van der Waals surface area contributed by atoms with E-state index in [-0.39, 0.29) is 17.2 Å². The Kier molecular flexibility index (Phi) is 4.63. The molecule has 0 fully saturated rings. The molecule has 0 unspecified atom stereocenters. The Balaban J connectivity index is 1.92. The Bertz CT molecular complexity index is 1050. The highest BCUT2D eigenvalue weighted by Crippen LogP contribution is 2.27. The highest BCUT2D eigenvalue weighted by Gasteiger charge is 2.21. The van der Waals surface area contributed by atoms with Gasteiger partial charge in [0.1, 0.15) is 10.6 Å². The first-order chi connectivity index (χ1) is 11.8. The molecule has 2 aromatic heterocycles. The second-order valence-electron chi connectivity index (χ2n) is 5.41. The molecule has 0 saturated heterocycles. The minimum atomic E-state index is -3.85. The van der Waals surface area contributed by atoms with Gasteiger partial charge in [-0.1, -0.05) is 11.6 Å². The summed E-state index contributed by atoms with van der Waals surface area (Å²) < 4.78 is 34.5. The van der Waals surface area contributed by atoms with Crippen molar-refractivity contribution >= 4 is 27.4 Å². The Morgan fingerprint density at radius 2 is 2.00 bits per heavy atom. The van der Waals surface area contributed by atoms with E-state index >= 15 is 0 Å². The Morgan fingerprint density at radius 1 is 1.24 bits per heavy atom. The first kappa shape index (κ1) is 17.6. The second kappa shape index (κ2) is 6.58. The zero-order valence-corrected chi connectivity index (χ0v) is 15.4. The third kappa shape index (κ3) is 3.44. The molecule has 0 radical (unpaired) electrons. The summed E-state index contributed by atoms with van der Waals surface area (Å²) in [6.07, 6.45) is 0. The number of sulfonamides is 1. The molecule has 0 atom stereocenters. The van der Waals surface area contributed by atoms with Crippen molar-refractivity contribution in [1.82, 2.24) is 24.3 Å². The number of nitrogens with one attached hydrogen (secondary N) is 1. The van der Waals surface area contributed by atoms with E-state index in [1.807, 2.05) is 19.9 Å². The molecule has 25 heavy (non-hydrogen) atoms. The number of aryl methyl sites for hydroxylation is 2. The molecule has 8 nitrogen and oxygen atoms in total. The normalized spacial score (nSPS) is 11.8.